The van der Waals surface area contributed by atoms with Gasteiger partial charge in [-0.05, 0) is 28.7 Å². The Balaban J connectivity index is 2.39. The molecule has 1 aliphatic rings. The quantitative estimate of drug-likeness (QED) is 0.625. The second kappa shape index (κ2) is 3.67. The summed E-state index contributed by atoms with van der Waals surface area (Å²) in [4.78, 5) is 22.2. The van der Waals surface area contributed by atoms with Crippen molar-refractivity contribution < 1.29 is 9.59 Å². The molecule has 0 aromatic heterocycles. The summed E-state index contributed by atoms with van der Waals surface area (Å²) in [6.07, 6.45) is 2.51. The lowest BCUT2D eigenvalue weighted by molar-refractivity contribution is 0.111. The van der Waals surface area contributed by atoms with Crippen LogP contribution in [0.4, 0.5) is 0 Å². The lowest BCUT2D eigenvalue weighted by Gasteiger charge is -2.06. The zero-order valence-electron chi connectivity index (χ0n) is 9.14. The van der Waals surface area contributed by atoms with E-state index in [-0.39, 0.29) is 0 Å². The van der Waals surface area contributed by atoms with Crippen molar-refractivity contribution in [3.05, 3.63) is 58.7 Å². The molecule has 17 heavy (non-hydrogen) atoms. The third-order valence-electron chi connectivity index (χ3n) is 3.25. The molecule has 0 fully saturated rings. The largest absolute Gasteiger partial charge is 0.298 e. The number of benzene rings is 2. The van der Waals surface area contributed by atoms with E-state index < -0.39 is 0 Å². The molecule has 0 saturated carbocycles. The van der Waals surface area contributed by atoms with Crippen molar-refractivity contribution >= 4 is 12.6 Å². The summed E-state index contributed by atoms with van der Waals surface area (Å²) in [7, 11) is 0. The highest BCUT2D eigenvalue weighted by atomic mass is 16.1. The van der Waals surface area contributed by atoms with Gasteiger partial charge in [-0.15, -0.1) is 0 Å². The van der Waals surface area contributed by atoms with Crippen LogP contribution in [0.15, 0.2) is 36.4 Å². The maximum Gasteiger partial charge on any atom is 0.150 e. The van der Waals surface area contributed by atoms with Gasteiger partial charge in [-0.2, -0.15) is 0 Å². The lowest BCUT2D eigenvalue weighted by atomic mass is 9.96. The summed E-state index contributed by atoms with van der Waals surface area (Å²) in [5.41, 5.74) is 5.43. The van der Waals surface area contributed by atoms with Gasteiger partial charge >= 0.3 is 0 Å². The number of aldehydes is 2. The van der Waals surface area contributed by atoms with Gasteiger partial charge in [0.1, 0.15) is 0 Å². The molecule has 2 heteroatoms. The van der Waals surface area contributed by atoms with Crippen LogP contribution in [-0.2, 0) is 6.42 Å². The minimum Gasteiger partial charge on any atom is -0.298 e. The zero-order chi connectivity index (χ0) is 11.8. The lowest BCUT2D eigenvalue weighted by Crippen LogP contribution is -1.91. The molecular formula is C15H10O2. The van der Waals surface area contributed by atoms with Gasteiger partial charge in [0, 0.05) is 11.1 Å². The molecular weight excluding hydrogens is 212 g/mol. The smallest absolute Gasteiger partial charge is 0.150 e. The van der Waals surface area contributed by atoms with E-state index in [1.54, 1.807) is 12.1 Å². The van der Waals surface area contributed by atoms with Crippen LogP contribution in [0.2, 0.25) is 0 Å². The third-order valence-corrected chi connectivity index (χ3v) is 3.25. The Morgan fingerprint density at radius 3 is 1.65 bits per heavy atom. The van der Waals surface area contributed by atoms with Crippen LogP contribution in [0, 0.1) is 0 Å². The van der Waals surface area contributed by atoms with Crippen molar-refractivity contribution in [2.24, 2.45) is 0 Å². The molecule has 0 radical (unpaired) electrons. The molecule has 2 aromatic carbocycles. The Labute approximate surface area is 98.9 Å². The second-order valence-electron chi connectivity index (χ2n) is 4.18. The van der Waals surface area contributed by atoms with Crippen molar-refractivity contribution in [2.75, 3.05) is 0 Å². The fraction of sp³-hybridized carbons (Fsp3) is 0.0667. The zero-order valence-corrected chi connectivity index (χ0v) is 9.14. The number of rotatable bonds is 2. The van der Waals surface area contributed by atoms with Gasteiger partial charge in [-0.25, -0.2) is 0 Å². The Hall–Kier alpha value is -2.22. The van der Waals surface area contributed by atoms with Gasteiger partial charge in [0.15, 0.2) is 12.6 Å². The first-order chi connectivity index (χ1) is 8.35. The van der Waals surface area contributed by atoms with Gasteiger partial charge in [0.2, 0.25) is 0 Å². The Morgan fingerprint density at radius 1 is 0.765 bits per heavy atom. The minimum absolute atomic E-state index is 0.663. The molecule has 0 N–H and O–H groups in total. The van der Waals surface area contributed by atoms with Gasteiger partial charge in [-0.1, -0.05) is 36.4 Å². The van der Waals surface area contributed by atoms with Crippen molar-refractivity contribution in [3.8, 4) is 11.1 Å². The van der Waals surface area contributed by atoms with E-state index in [1.807, 2.05) is 24.3 Å². The highest BCUT2D eigenvalue weighted by Crippen LogP contribution is 2.40. The van der Waals surface area contributed by atoms with Gasteiger partial charge in [0.25, 0.3) is 0 Å². The molecule has 0 bridgehead atoms. The predicted octanol–water partition coefficient (Wildman–Crippen LogP) is 2.88. The van der Waals surface area contributed by atoms with E-state index in [0.717, 1.165) is 41.2 Å². The first kappa shape index (κ1) is 9.97. The molecule has 82 valence electrons. The Morgan fingerprint density at radius 2 is 1.24 bits per heavy atom. The molecule has 1 aliphatic carbocycles. The molecule has 2 aromatic rings. The standard InChI is InChI=1S/C15H10O2/c16-8-12-5-1-3-10-7-11-4-2-6-13(9-17)15(11)14(10)12/h1-6,8-9H,7H2. The Kier molecular flexibility index (Phi) is 2.15. The maximum atomic E-state index is 11.1. The summed E-state index contributed by atoms with van der Waals surface area (Å²) in [5.74, 6) is 0. The fourth-order valence-corrected chi connectivity index (χ4v) is 2.55. The average Bonchev–Trinajstić information content (AvgIpc) is 2.76. The highest BCUT2D eigenvalue weighted by molar-refractivity contribution is 5.99. The number of hydrogen-bond donors (Lipinski definition) is 0. The van der Waals surface area contributed by atoms with Crippen LogP contribution >= 0.6 is 0 Å². The minimum atomic E-state index is 0.663. The van der Waals surface area contributed by atoms with E-state index in [9.17, 15) is 9.59 Å². The van der Waals surface area contributed by atoms with Crippen molar-refractivity contribution in [1.29, 1.82) is 0 Å². The van der Waals surface area contributed by atoms with E-state index in [0.29, 0.717) is 11.1 Å². The van der Waals surface area contributed by atoms with E-state index in [1.165, 1.54) is 0 Å². The molecule has 0 atom stereocenters. The van der Waals surface area contributed by atoms with E-state index in [2.05, 4.69) is 0 Å². The Bertz CT molecular complexity index is 571. The fourth-order valence-electron chi connectivity index (χ4n) is 2.55. The number of hydrogen-bond acceptors (Lipinski definition) is 2. The summed E-state index contributed by atoms with van der Waals surface area (Å²) in [6, 6.07) is 11.4. The van der Waals surface area contributed by atoms with Crippen LogP contribution in [0.3, 0.4) is 0 Å². The van der Waals surface area contributed by atoms with Gasteiger partial charge in [-0.3, -0.25) is 9.59 Å². The van der Waals surface area contributed by atoms with Crippen LogP contribution < -0.4 is 0 Å². The maximum absolute atomic E-state index is 11.1. The molecule has 0 heterocycles. The van der Waals surface area contributed by atoms with Crippen LogP contribution in [0.25, 0.3) is 11.1 Å². The topological polar surface area (TPSA) is 34.1 Å². The van der Waals surface area contributed by atoms with Crippen molar-refractivity contribution in [2.45, 2.75) is 6.42 Å². The van der Waals surface area contributed by atoms with Crippen molar-refractivity contribution in [3.63, 3.8) is 0 Å². The molecule has 0 saturated heterocycles. The molecule has 0 amide bonds. The van der Waals surface area contributed by atoms with E-state index in [4.69, 9.17) is 0 Å². The summed E-state index contributed by atoms with van der Waals surface area (Å²) in [5, 5.41) is 0. The van der Waals surface area contributed by atoms with Gasteiger partial charge in [0.05, 0.1) is 0 Å². The van der Waals surface area contributed by atoms with E-state index >= 15 is 0 Å². The number of fused-ring (bicyclic) bond motifs is 3. The van der Waals surface area contributed by atoms with Crippen LogP contribution in [-0.4, -0.2) is 12.6 Å². The summed E-state index contributed by atoms with van der Waals surface area (Å²) < 4.78 is 0. The molecule has 0 unspecified atom stereocenters. The summed E-state index contributed by atoms with van der Waals surface area (Å²) in [6.45, 7) is 0. The third kappa shape index (κ3) is 1.34. The summed E-state index contributed by atoms with van der Waals surface area (Å²) >= 11 is 0. The van der Waals surface area contributed by atoms with Gasteiger partial charge < -0.3 is 0 Å². The first-order valence-electron chi connectivity index (χ1n) is 5.49. The normalized spacial score (nSPS) is 11.8. The number of carbonyl (C=O) groups excluding carboxylic acids is 2. The first-order valence-corrected chi connectivity index (χ1v) is 5.49. The second-order valence-corrected chi connectivity index (χ2v) is 4.18. The van der Waals surface area contributed by atoms with Crippen molar-refractivity contribution in [1.82, 2.24) is 0 Å². The molecule has 3 rings (SSSR count). The number of carbonyl (C=O) groups is 2. The molecule has 0 aliphatic heterocycles. The van der Waals surface area contributed by atoms with Crippen LogP contribution in [0.1, 0.15) is 31.8 Å². The monoisotopic (exact) mass is 222 g/mol. The highest BCUT2D eigenvalue weighted by Gasteiger charge is 2.23. The average molecular weight is 222 g/mol. The molecule has 2 nitrogen and oxygen atoms in total. The predicted molar refractivity (Wildman–Crippen MR) is 65.5 cm³/mol. The van der Waals surface area contributed by atoms with Crippen LogP contribution in [0.5, 0.6) is 0 Å². The SMILES string of the molecule is O=Cc1cccc2c1-c1c(C=O)cccc1C2. The molecule has 0 spiro atoms.